The Hall–Kier alpha value is -2.43. The zero-order valence-electron chi connectivity index (χ0n) is 9.20. The maximum Gasteiger partial charge on any atom is 0.233 e. The van der Waals surface area contributed by atoms with Crippen molar-refractivity contribution in [1.82, 2.24) is 19.4 Å². The van der Waals surface area contributed by atoms with Crippen LogP contribution in [0.2, 0.25) is 0 Å². The third-order valence-electron chi connectivity index (χ3n) is 2.49. The number of nitrogens with zero attached hydrogens (tertiary/aromatic N) is 4. The van der Waals surface area contributed by atoms with Gasteiger partial charge in [-0.15, -0.1) is 0 Å². The minimum absolute atomic E-state index is 0.143. The molecule has 3 rings (SSSR count). The van der Waals surface area contributed by atoms with Gasteiger partial charge < -0.3 is 5.11 Å². The minimum atomic E-state index is 0.143. The summed E-state index contributed by atoms with van der Waals surface area (Å²) in [6.45, 7) is 1.92. The maximum atomic E-state index is 9.39. The number of rotatable bonds is 1. The van der Waals surface area contributed by atoms with Crippen LogP contribution in [0, 0.1) is 6.92 Å². The predicted octanol–water partition coefficient (Wildman–Crippen LogP) is 1.81. The summed E-state index contributed by atoms with van der Waals surface area (Å²) in [6.07, 6.45) is 8.63. The van der Waals surface area contributed by atoms with Crippen molar-refractivity contribution in [2.24, 2.45) is 0 Å². The SMILES string of the molecule is Cc1cn2cc(-c3cncc(O)c3)cnc2n1. The van der Waals surface area contributed by atoms with E-state index in [1.165, 1.54) is 6.20 Å². The molecule has 5 nitrogen and oxygen atoms in total. The number of hydrogen-bond donors (Lipinski definition) is 1. The quantitative estimate of drug-likeness (QED) is 0.687. The highest BCUT2D eigenvalue weighted by atomic mass is 16.3. The van der Waals surface area contributed by atoms with E-state index in [0.29, 0.717) is 5.78 Å². The Labute approximate surface area is 97.4 Å². The smallest absolute Gasteiger partial charge is 0.233 e. The number of fused-ring (bicyclic) bond motifs is 1. The number of aromatic nitrogens is 4. The Morgan fingerprint density at radius 1 is 1.12 bits per heavy atom. The average molecular weight is 226 g/mol. The number of aromatic hydroxyl groups is 1. The van der Waals surface area contributed by atoms with Crippen molar-refractivity contribution in [2.45, 2.75) is 6.92 Å². The number of pyridine rings is 1. The Morgan fingerprint density at radius 2 is 2.00 bits per heavy atom. The van der Waals surface area contributed by atoms with Gasteiger partial charge in [-0.05, 0) is 13.0 Å². The zero-order chi connectivity index (χ0) is 11.8. The van der Waals surface area contributed by atoms with Gasteiger partial charge in [-0.1, -0.05) is 0 Å². The number of imidazole rings is 1. The fraction of sp³-hybridized carbons (Fsp3) is 0.0833. The molecule has 0 aliphatic carbocycles. The van der Waals surface area contributed by atoms with Gasteiger partial charge in [-0.25, -0.2) is 9.97 Å². The lowest BCUT2D eigenvalue weighted by Crippen LogP contribution is -1.89. The molecule has 0 aromatic carbocycles. The van der Waals surface area contributed by atoms with Crippen LogP contribution in [0.1, 0.15) is 5.69 Å². The van der Waals surface area contributed by atoms with Crippen LogP contribution in [-0.2, 0) is 0 Å². The van der Waals surface area contributed by atoms with Crippen molar-refractivity contribution in [1.29, 1.82) is 0 Å². The van der Waals surface area contributed by atoms with Gasteiger partial charge >= 0.3 is 0 Å². The van der Waals surface area contributed by atoms with E-state index in [1.807, 2.05) is 23.7 Å². The van der Waals surface area contributed by atoms with Crippen molar-refractivity contribution < 1.29 is 5.11 Å². The van der Waals surface area contributed by atoms with Gasteiger partial charge in [0, 0.05) is 35.9 Å². The lowest BCUT2D eigenvalue weighted by Gasteiger charge is -2.01. The van der Waals surface area contributed by atoms with E-state index < -0.39 is 0 Å². The molecule has 3 aromatic heterocycles. The molecule has 0 aliphatic heterocycles. The zero-order valence-corrected chi connectivity index (χ0v) is 9.20. The van der Waals surface area contributed by atoms with Crippen LogP contribution in [0.4, 0.5) is 0 Å². The normalized spacial score (nSPS) is 10.9. The highest BCUT2D eigenvalue weighted by Gasteiger charge is 2.03. The summed E-state index contributed by atoms with van der Waals surface area (Å²) in [6, 6.07) is 1.65. The Kier molecular flexibility index (Phi) is 2.04. The summed E-state index contributed by atoms with van der Waals surface area (Å²) in [7, 11) is 0. The summed E-state index contributed by atoms with van der Waals surface area (Å²) in [4.78, 5) is 12.4. The Balaban J connectivity index is 2.17. The van der Waals surface area contributed by atoms with Crippen molar-refractivity contribution in [3.8, 4) is 16.9 Å². The largest absolute Gasteiger partial charge is 0.506 e. The Bertz CT molecular complexity index is 690. The van der Waals surface area contributed by atoms with Crippen LogP contribution < -0.4 is 0 Å². The first-order valence-corrected chi connectivity index (χ1v) is 5.18. The van der Waals surface area contributed by atoms with Crippen LogP contribution in [0.3, 0.4) is 0 Å². The molecule has 0 atom stereocenters. The molecule has 17 heavy (non-hydrogen) atoms. The highest BCUT2D eigenvalue weighted by molar-refractivity contribution is 5.62. The first kappa shape index (κ1) is 9.77. The van der Waals surface area contributed by atoms with E-state index >= 15 is 0 Å². The fourth-order valence-corrected chi connectivity index (χ4v) is 1.74. The van der Waals surface area contributed by atoms with E-state index in [1.54, 1.807) is 18.5 Å². The molecular formula is C12H10N4O. The number of aryl methyl sites for hydroxylation is 1. The Morgan fingerprint density at radius 3 is 2.82 bits per heavy atom. The van der Waals surface area contributed by atoms with Gasteiger partial charge in [0.15, 0.2) is 0 Å². The van der Waals surface area contributed by atoms with Gasteiger partial charge in [-0.3, -0.25) is 9.38 Å². The first-order chi connectivity index (χ1) is 8.22. The van der Waals surface area contributed by atoms with E-state index in [4.69, 9.17) is 0 Å². The van der Waals surface area contributed by atoms with Crippen LogP contribution in [-0.4, -0.2) is 24.5 Å². The third-order valence-corrected chi connectivity index (χ3v) is 2.49. The van der Waals surface area contributed by atoms with Crippen molar-refractivity contribution >= 4 is 5.78 Å². The van der Waals surface area contributed by atoms with E-state index in [2.05, 4.69) is 15.0 Å². The molecule has 0 amide bonds. The molecule has 0 unspecified atom stereocenters. The summed E-state index contributed by atoms with van der Waals surface area (Å²) in [5, 5.41) is 9.39. The second-order valence-corrected chi connectivity index (χ2v) is 3.86. The topological polar surface area (TPSA) is 63.3 Å². The monoisotopic (exact) mass is 226 g/mol. The van der Waals surface area contributed by atoms with Crippen molar-refractivity contribution in [2.75, 3.05) is 0 Å². The molecule has 84 valence electrons. The predicted molar refractivity (Wildman–Crippen MR) is 62.6 cm³/mol. The standard InChI is InChI=1S/C12H10N4O/c1-8-6-16-7-10(4-14-12(16)15-8)9-2-11(17)5-13-3-9/h2-7,17H,1H3. The van der Waals surface area contributed by atoms with Crippen LogP contribution in [0.15, 0.2) is 37.1 Å². The van der Waals surface area contributed by atoms with Crippen LogP contribution in [0.25, 0.3) is 16.9 Å². The van der Waals surface area contributed by atoms with Crippen molar-refractivity contribution in [3.05, 3.63) is 42.7 Å². The molecule has 0 fully saturated rings. The second kappa shape index (κ2) is 3.55. The van der Waals surface area contributed by atoms with Crippen LogP contribution in [0.5, 0.6) is 5.75 Å². The van der Waals surface area contributed by atoms with Crippen molar-refractivity contribution in [3.63, 3.8) is 0 Å². The summed E-state index contributed by atoms with van der Waals surface area (Å²) in [5.74, 6) is 0.809. The molecule has 3 aromatic rings. The van der Waals surface area contributed by atoms with Gasteiger partial charge in [-0.2, -0.15) is 0 Å². The lowest BCUT2D eigenvalue weighted by molar-refractivity contribution is 0.473. The average Bonchev–Trinajstić information content (AvgIpc) is 2.68. The maximum absolute atomic E-state index is 9.39. The lowest BCUT2D eigenvalue weighted by atomic mass is 10.1. The highest BCUT2D eigenvalue weighted by Crippen LogP contribution is 2.21. The van der Waals surface area contributed by atoms with Gasteiger partial charge in [0.05, 0.1) is 11.9 Å². The number of hydrogen-bond acceptors (Lipinski definition) is 4. The molecular weight excluding hydrogens is 216 g/mol. The molecule has 0 radical (unpaired) electrons. The van der Waals surface area contributed by atoms with Gasteiger partial charge in [0.2, 0.25) is 5.78 Å². The first-order valence-electron chi connectivity index (χ1n) is 5.18. The molecule has 5 heteroatoms. The van der Waals surface area contributed by atoms with E-state index in [-0.39, 0.29) is 5.75 Å². The second-order valence-electron chi connectivity index (χ2n) is 3.86. The molecule has 0 spiro atoms. The van der Waals surface area contributed by atoms with E-state index in [9.17, 15) is 5.11 Å². The van der Waals surface area contributed by atoms with Gasteiger partial charge in [0.25, 0.3) is 0 Å². The van der Waals surface area contributed by atoms with Gasteiger partial charge in [0.1, 0.15) is 5.75 Å². The summed E-state index contributed by atoms with van der Waals surface area (Å²) in [5.41, 5.74) is 2.63. The summed E-state index contributed by atoms with van der Waals surface area (Å²) >= 11 is 0. The molecule has 3 heterocycles. The van der Waals surface area contributed by atoms with E-state index in [0.717, 1.165) is 16.8 Å². The molecule has 0 saturated heterocycles. The molecule has 0 saturated carbocycles. The summed E-state index contributed by atoms with van der Waals surface area (Å²) < 4.78 is 1.86. The molecule has 1 N–H and O–H groups in total. The minimum Gasteiger partial charge on any atom is -0.506 e. The molecule has 0 bridgehead atoms. The third kappa shape index (κ3) is 1.71. The fourth-order valence-electron chi connectivity index (χ4n) is 1.74. The molecule has 0 aliphatic rings. The van der Waals surface area contributed by atoms with Crippen LogP contribution >= 0.6 is 0 Å².